The molecule has 0 heterocycles. The molecule has 0 amide bonds. The zero-order chi connectivity index (χ0) is 14.4. The van der Waals surface area contributed by atoms with E-state index in [2.05, 4.69) is 6.92 Å². The van der Waals surface area contributed by atoms with Gasteiger partial charge in [0, 0.05) is 11.6 Å². The van der Waals surface area contributed by atoms with Gasteiger partial charge in [-0.15, -0.1) is 0 Å². The van der Waals surface area contributed by atoms with Crippen molar-refractivity contribution >= 4 is 0 Å². The van der Waals surface area contributed by atoms with Crippen LogP contribution >= 0.6 is 0 Å². The number of hydrogen-bond acceptors (Lipinski definition) is 3. The van der Waals surface area contributed by atoms with E-state index in [1.165, 1.54) is 0 Å². The summed E-state index contributed by atoms with van der Waals surface area (Å²) in [6.45, 7) is 4.76. The van der Waals surface area contributed by atoms with Gasteiger partial charge in [-0.1, -0.05) is 25.1 Å². The van der Waals surface area contributed by atoms with Crippen molar-refractivity contribution in [1.82, 2.24) is 0 Å². The molecule has 20 heavy (non-hydrogen) atoms. The van der Waals surface area contributed by atoms with Crippen LogP contribution in [0.2, 0.25) is 0 Å². The topological polar surface area (TPSA) is 44.5 Å². The summed E-state index contributed by atoms with van der Waals surface area (Å²) in [4.78, 5) is 0. The molecule has 3 nitrogen and oxygen atoms in total. The first kappa shape index (κ1) is 14.4. The first-order chi connectivity index (χ1) is 9.70. The summed E-state index contributed by atoms with van der Waals surface area (Å²) in [6, 6.07) is 15.4. The molecule has 0 fully saturated rings. The van der Waals surface area contributed by atoms with Crippen LogP contribution in [0, 0.1) is 0 Å². The fraction of sp³-hybridized carbons (Fsp3) is 0.294. The average molecular weight is 271 g/mol. The highest BCUT2D eigenvalue weighted by atomic mass is 16.5. The quantitative estimate of drug-likeness (QED) is 0.852. The van der Waals surface area contributed by atoms with Crippen LogP contribution in [-0.4, -0.2) is 6.61 Å². The van der Waals surface area contributed by atoms with E-state index < -0.39 is 0 Å². The Morgan fingerprint density at radius 1 is 1.00 bits per heavy atom. The first-order valence-corrected chi connectivity index (χ1v) is 6.96. The lowest BCUT2D eigenvalue weighted by Gasteiger charge is -2.13. The van der Waals surface area contributed by atoms with Crippen molar-refractivity contribution in [3.8, 4) is 17.2 Å². The van der Waals surface area contributed by atoms with Gasteiger partial charge in [-0.3, -0.25) is 0 Å². The molecule has 2 rings (SSSR count). The Morgan fingerprint density at radius 3 is 2.30 bits per heavy atom. The van der Waals surface area contributed by atoms with E-state index in [9.17, 15) is 0 Å². The van der Waals surface area contributed by atoms with Crippen molar-refractivity contribution < 1.29 is 9.47 Å². The molecule has 0 spiro atoms. The van der Waals surface area contributed by atoms with Gasteiger partial charge in [0.15, 0.2) is 0 Å². The summed E-state index contributed by atoms with van der Waals surface area (Å²) in [5, 5.41) is 0. The van der Waals surface area contributed by atoms with Crippen LogP contribution in [-0.2, 0) is 0 Å². The minimum atomic E-state index is -0.0571. The lowest BCUT2D eigenvalue weighted by atomic mass is 10.1. The molecule has 0 aliphatic carbocycles. The molecule has 0 radical (unpaired) electrons. The van der Waals surface area contributed by atoms with Gasteiger partial charge in [-0.05, 0) is 43.7 Å². The van der Waals surface area contributed by atoms with E-state index in [0.717, 1.165) is 35.8 Å². The van der Waals surface area contributed by atoms with Gasteiger partial charge in [0.1, 0.15) is 17.2 Å². The maximum Gasteiger partial charge on any atom is 0.132 e. The molecule has 1 atom stereocenters. The Labute approximate surface area is 120 Å². The fourth-order valence-electron chi connectivity index (χ4n) is 1.90. The number of para-hydroxylation sites is 1. The van der Waals surface area contributed by atoms with Crippen molar-refractivity contribution in [3.05, 3.63) is 54.1 Å². The molecular formula is C17H21NO2. The largest absolute Gasteiger partial charge is 0.494 e. The molecular weight excluding hydrogens is 250 g/mol. The summed E-state index contributed by atoms with van der Waals surface area (Å²) in [5.41, 5.74) is 6.95. The second-order valence-electron chi connectivity index (χ2n) is 4.75. The van der Waals surface area contributed by atoms with Gasteiger partial charge >= 0.3 is 0 Å². The minimum Gasteiger partial charge on any atom is -0.494 e. The number of rotatable bonds is 6. The fourth-order valence-corrected chi connectivity index (χ4v) is 1.90. The summed E-state index contributed by atoms with van der Waals surface area (Å²) in [6.07, 6.45) is 1.00. The summed E-state index contributed by atoms with van der Waals surface area (Å²) < 4.78 is 11.4. The molecule has 0 aliphatic heterocycles. The summed E-state index contributed by atoms with van der Waals surface area (Å²) in [5.74, 6) is 2.44. The zero-order valence-electron chi connectivity index (χ0n) is 12.0. The highest BCUT2D eigenvalue weighted by molar-refractivity contribution is 5.40. The molecule has 1 unspecified atom stereocenters. The molecule has 0 aliphatic rings. The smallest absolute Gasteiger partial charge is 0.132 e. The number of nitrogens with two attached hydrogens (primary N) is 1. The molecule has 2 aromatic rings. The third-order valence-corrected chi connectivity index (χ3v) is 2.93. The van der Waals surface area contributed by atoms with Crippen LogP contribution in [0.25, 0.3) is 0 Å². The Bertz CT molecular complexity index is 535. The second-order valence-corrected chi connectivity index (χ2v) is 4.75. The molecule has 106 valence electrons. The van der Waals surface area contributed by atoms with Gasteiger partial charge in [-0.2, -0.15) is 0 Å². The van der Waals surface area contributed by atoms with Gasteiger partial charge in [0.05, 0.1) is 6.61 Å². The number of benzene rings is 2. The van der Waals surface area contributed by atoms with Crippen molar-refractivity contribution in [1.29, 1.82) is 0 Å². The van der Waals surface area contributed by atoms with E-state index in [1.807, 2.05) is 55.5 Å². The van der Waals surface area contributed by atoms with Crippen LogP contribution < -0.4 is 15.2 Å². The van der Waals surface area contributed by atoms with Crippen LogP contribution in [0.4, 0.5) is 0 Å². The molecule has 0 aromatic heterocycles. The van der Waals surface area contributed by atoms with E-state index in [-0.39, 0.29) is 6.04 Å². The standard InChI is InChI=1S/C17H21NO2/c1-3-12-19-14-8-10-15(11-9-14)20-17-7-5-4-6-16(17)13(2)18/h4-11,13H,3,12,18H2,1-2H3. The number of ether oxygens (including phenoxy) is 2. The maximum atomic E-state index is 5.95. The maximum absolute atomic E-state index is 5.95. The Hall–Kier alpha value is -2.00. The van der Waals surface area contributed by atoms with Crippen LogP contribution in [0.3, 0.4) is 0 Å². The lowest BCUT2D eigenvalue weighted by molar-refractivity contribution is 0.317. The van der Waals surface area contributed by atoms with Gasteiger partial charge in [0.2, 0.25) is 0 Å². The molecule has 0 saturated carbocycles. The van der Waals surface area contributed by atoms with E-state index >= 15 is 0 Å². The second kappa shape index (κ2) is 6.96. The monoisotopic (exact) mass is 271 g/mol. The Kier molecular flexibility index (Phi) is 5.02. The zero-order valence-corrected chi connectivity index (χ0v) is 12.0. The van der Waals surface area contributed by atoms with Crippen molar-refractivity contribution in [3.63, 3.8) is 0 Å². The van der Waals surface area contributed by atoms with Crippen molar-refractivity contribution in [2.24, 2.45) is 5.73 Å². The summed E-state index contributed by atoms with van der Waals surface area (Å²) in [7, 11) is 0. The van der Waals surface area contributed by atoms with Crippen LogP contribution in [0.1, 0.15) is 31.9 Å². The predicted octanol–water partition coefficient (Wildman–Crippen LogP) is 4.29. The van der Waals surface area contributed by atoms with Crippen LogP contribution in [0.5, 0.6) is 17.2 Å². The normalized spacial score (nSPS) is 11.9. The Balaban J connectivity index is 2.10. The van der Waals surface area contributed by atoms with E-state index in [1.54, 1.807) is 0 Å². The third kappa shape index (κ3) is 3.75. The average Bonchev–Trinajstić information content (AvgIpc) is 2.47. The van der Waals surface area contributed by atoms with Gasteiger partial charge in [-0.25, -0.2) is 0 Å². The molecule has 0 saturated heterocycles. The molecule has 0 bridgehead atoms. The Morgan fingerprint density at radius 2 is 1.65 bits per heavy atom. The molecule has 3 heteroatoms. The van der Waals surface area contributed by atoms with E-state index in [4.69, 9.17) is 15.2 Å². The third-order valence-electron chi connectivity index (χ3n) is 2.93. The molecule has 2 aromatic carbocycles. The molecule has 2 N–H and O–H groups in total. The van der Waals surface area contributed by atoms with Crippen molar-refractivity contribution in [2.75, 3.05) is 6.61 Å². The summed E-state index contributed by atoms with van der Waals surface area (Å²) >= 11 is 0. The van der Waals surface area contributed by atoms with Gasteiger partial charge in [0.25, 0.3) is 0 Å². The minimum absolute atomic E-state index is 0.0571. The predicted molar refractivity (Wildman–Crippen MR) is 81.3 cm³/mol. The van der Waals surface area contributed by atoms with Crippen LogP contribution in [0.15, 0.2) is 48.5 Å². The first-order valence-electron chi connectivity index (χ1n) is 6.96. The van der Waals surface area contributed by atoms with Crippen molar-refractivity contribution in [2.45, 2.75) is 26.3 Å². The highest BCUT2D eigenvalue weighted by Gasteiger charge is 2.08. The number of hydrogen-bond donors (Lipinski definition) is 1. The van der Waals surface area contributed by atoms with E-state index in [0.29, 0.717) is 0 Å². The lowest BCUT2D eigenvalue weighted by Crippen LogP contribution is -2.06. The highest BCUT2D eigenvalue weighted by Crippen LogP contribution is 2.29. The SMILES string of the molecule is CCCOc1ccc(Oc2ccccc2C(C)N)cc1. The van der Waals surface area contributed by atoms with Gasteiger partial charge < -0.3 is 15.2 Å².